The quantitative estimate of drug-likeness (QED) is 0.905. The number of nitrogens with zero attached hydrogens (tertiary/aromatic N) is 1. The van der Waals surface area contributed by atoms with Crippen molar-refractivity contribution in [1.29, 1.82) is 0 Å². The van der Waals surface area contributed by atoms with E-state index < -0.39 is 0 Å². The van der Waals surface area contributed by atoms with Crippen LogP contribution >= 0.6 is 11.6 Å². The number of ether oxygens (including phenoxy) is 2. The van der Waals surface area contributed by atoms with Crippen molar-refractivity contribution in [2.24, 2.45) is 0 Å². The average Bonchev–Trinajstić information content (AvgIpc) is 3.05. The molecule has 4 rings (SSSR count). The van der Waals surface area contributed by atoms with E-state index in [1.807, 2.05) is 12.1 Å². The van der Waals surface area contributed by atoms with Crippen LogP contribution in [0.4, 0.5) is 11.4 Å². The highest BCUT2D eigenvalue weighted by Crippen LogP contribution is 2.39. The van der Waals surface area contributed by atoms with Crippen molar-refractivity contribution >= 4 is 28.9 Å². The third kappa shape index (κ3) is 3.12. The lowest BCUT2D eigenvalue weighted by atomic mass is 9.96. The minimum atomic E-state index is -0.107. The maximum Gasteiger partial charge on any atom is 0.243 e. The third-order valence-corrected chi connectivity index (χ3v) is 5.03. The summed E-state index contributed by atoms with van der Waals surface area (Å²) < 4.78 is 10.6. The van der Waals surface area contributed by atoms with E-state index >= 15 is 0 Å². The Hall–Kier alpha value is -2.40. The molecular formula is C19H19ClN2O3. The summed E-state index contributed by atoms with van der Waals surface area (Å²) in [7, 11) is 0. The van der Waals surface area contributed by atoms with E-state index in [1.165, 1.54) is 5.56 Å². The van der Waals surface area contributed by atoms with Gasteiger partial charge in [-0.25, -0.2) is 0 Å². The number of hydrogen-bond donors (Lipinski definition) is 1. The Bertz CT molecular complexity index is 824. The smallest absolute Gasteiger partial charge is 0.243 e. The first-order chi connectivity index (χ1) is 12.1. The summed E-state index contributed by atoms with van der Waals surface area (Å²) in [5, 5.41) is 3.33. The van der Waals surface area contributed by atoms with Crippen molar-refractivity contribution in [1.82, 2.24) is 0 Å². The van der Waals surface area contributed by atoms with Crippen LogP contribution < -0.4 is 19.7 Å². The van der Waals surface area contributed by atoms with Crippen LogP contribution in [-0.4, -0.2) is 25.3 Å². The van der Waals surface area contributed by atoms with Crippen molar-refractivity contribution in [3.63, 3.8) is 0 Å². The van der Waals surface area contributed by atoms with Crippen molar-refractivity contribution in [2.45, 2.75) is 25.8 Å². The van der Waals surface area contributed by atoms with Crippen LogP contribution in [0.15, 0.2) is 36.4 Å². The lowest BCUT2D eigenvalue weighted by Crippen LogP contribution is -2.42. The zero-order valence-electron chi connectivity index (χ0n) is 13.9. The number of carbonyl (C=O) groups excluding carboxylic acids is 1. The fourth-order valence-electron chi connectivity index (χ4n) is 3.36. The number of nitrogens with one attached hydrogen (secondary N) is 1. The number of amides is 1. The number of anilines is 2. The molecule has 130 valence electrons. The van der Waals surface area contributed by atoms with E-state index in [1.54, 1.807) is 12.1 Å². The molecule has 1 atom stereocenters. The SMILES string of the molecule is C[C@@H]1CCc2ccccc2N1CC(=O)Nc1cc2c(cc1Cl)OCO2. The number of aryl methyl sites for hydroxylation is 1. The second-order valence-electron chi connectivity index (χ2n) is 6.38. The highest BCUT2D eigenvalue weighted by Gasteiger charge is 2.25. The Morgan fingerprint density at radius 1 is 1.28 bits per heavy atom. The van der Waals surface area contributed by atoms with Gasteiger partial charge in [0.2, 0.25) is 12.7 Å². The van der Waals surface area contributed by atoms with Gasteiger partial charge in [-0.3, -0.25) is 4.79 Å². The summed E-state index contributed by atoms with van der Waals surface area (Å²) in [4.78, 5) is 14.8. The maximum atomic E-state index is 12.6. The van der Waals surface area contributed by atoms with Crippen molar-refractivity contribution in [2.75, 3.05) is 23.6 Å². The summed E-state index contributed by atoms with van der Waals surface area (Å²) in [6.07, 6.45) is 2.08. The molecule has 6 heteroatoms. The van der Waals surface area contributed by atoms with Crippen LogP contribution in [0.5, 0.6) is 11.5 Å². The maximum absolute atomic E-state index is 12.6. The van der Waals surface area contributed by atoms with Gasteiger partial charge in [-0.2, -0.15) is 0 Å². The van der Waals surface area contributed by atoms with Gasteiger partial charge in [0.05, 0.1) is 17.3 Å². The fourth-order valence-corrected chi connectivity index (χ4v) is 3.56. The van der Waals surface area contributed by atoms with Crippen molar-refractivity contribution < 1.29 is 14.3 Å². The molecule has 2 aliphatic heterocycles. The summed E-state index contributed by atoms with van der Waals surface area (Å²) in [5.41, 5.74) is 2.96. The normalized spacial score (nSPS) is 18.0. The van der Waals surface area contributed by atoms with Crippen LogP contribution in [0.25, 0.3) is 0 Å². The number of hydrogen-bond acceptors (Lipinski definition) is 4. The number of para-hydroxylation sites is 1. The lowest BCUT2D eigenvalue weighted by Gasteiger charge is -2.36. The summed E-state index contributed by atoms with van der Waals surface area (Å²) in [5.74, 6) is 1.09. The van der Waals surface area contributed by atoms with Gasteiger partial charge in [-0.1, -0.05) is 29.8 Å². The average molecular weight is 359 g/mol. The molecule has 0 saturated carbocycles. The molecule has 2 aliphatic rings. The second kappa shape index (κ2) is 6.48. The van der Waals surface area contributed by atoms with Crippen LogP contribution in [-0.2, 0) is 11.2 Å². The molecule has 2 heterocycles. The Kier molecular flexibility index (Phi) is 4.17. The number of rotatable bonds is 3. The predicted molar refractivity (Wildman–Crippen MR) is 97.8 cm³/mol. The number of carbonyl (C=O) groups is 1. The van der Waals surface area contributed by atoms with Crippen LogP contribution in [0, 0.1) is 0 Å². The van der Waals surface area contributed by atoms with E-state index in [4.69, 9.17) is 21.1 Å². The van der Waals surface area contributed by atoms with Crippen LogP contribution in [0.2, 0.25) is 5.02 Å². The summed E-state index contributed by atoms with van der Waals surface area (Å²) in [6, 6.07) is 11.9. The van der Waals surface area contributed by atoms with Gasteiger partial charge >= 0.3 is 0 Å². The fraction of sp³-hybridized carbons (Fsp3) is 0.316. The Labute approximate surface area is 151 Å². The monoisotopic (exact) mass is 358 g/mol. The molecule has 2 aromatic rings. The van der Waals surface area contributed by atoms with Gasteiger partial charge in [0.1, 0.15) is 0 Å². The molecule has 1 N–H and O–H groups in total. The Balaban J connectivity index is 1.51. The van der Waals surface area contributed by atoms with E-state index in [0.717, 1.165) is 18.5 Å². The third-order valence-electron chi connectivity index (χ3n) is 4.71. The Morgan fingerprint density at radius 2 is 2.04 bits per heavy atom. The molecule has 25 heavy (non-hydrogen) atoms. The molecule has 0 spiro atoms. The van der Waals surface area contributed by atoms with Gasteiger partial charge in [0, 0.05) is 23.9 Å². The van der Waals surface area contributed by atoms with E-state index in [-0.39, 0.29) is 19.2 Å². The standard InChI is InChI=1S/C19H19ClN2O3/c1-12-6-7-13-4-2-3-5-16(13)22(12)10-19(23)21-15-9-18-17(8-14(15)20)24-11-25-18/h2-5,8-9,12H,6-7,10-11H2,1H3,(H,21,23)/t12-/m1/s1. The minimum absolute atomic E-state index is 0.107. The predicted octanol–water partition coefficient (Wildman–Crippen LogP) is 3.85. The first-order valence-electron chi connectivity index (χ1n) is 8.35. The molecule has 0 fully saturated rings. The van der Waals surface area contributed by atoms with E-state index in [2.05, 4.69) is 29.3 Å². The summed E-state index contributed by atoms with van der Waals surface area (Å²) >= 11 is 6.24. The largest absolute Gasteiger partial charge is 0.454 e. The first kappa shape index (κ1) is 16.1. The second-order valence-corrected chi connectivity index (χ2v) is 6.79. The lowest BCUT2D eigenvalue weighted by molar-refractivity contribution is -0.115. The van der Waals surface area contributed by atoms with Gasteiger partial charge in [0.25, 0.3) is 0 Å². The van der Waals surface area contributed by atoms with E-state index in [0.29, 0.717) is 28.3 Å². The molecule has 0 bridgehead atoms. The summed E-state index contributed by atoms with van der Waals surface area (Å²) in [6.45, 7) is 2.60. The van der Waals surface area contributed by atoms with Crippen LogP contribution in [0.3, 0.4) is 0 Å². The molecule has 0 aliphatic carbocycles. The van der Waals surface area contributed by atoms with Gasteiger partial charge in [-0.05, 0) is 31.4 Å². The molecule has 5 nitrogen and oxygen atoms in total. The van der Waals surface area contributed by atoms with Gasteiger partial charge < -0.3 is 19.7 Å². The number of fused-ring (bicyclic) bond motifs is 2. The van der Waals surface area contributed by atoms with E-state index in [9.17, 15) is 4.79 Å². The molecule has 0 radical (unpaired) electrons. The zero-order valence-corrected chi connectivity index (χ0v) is 14.7. The zero-order chi connectivity index (χ0) is 17.4. The van der Waals surface area contributed by atoms with Crippen molar-refractivity contribution in [3.8, 4) is 11.5 Å². The van der Waals surface area contributed by atoms with Crippen molar-refractivity contribution in [3.05, 3.63) is 47.0 Å². The molecule has 1 amide bonds. The molecule has 0 unspecified atom stereocenters. The highest BCUT2D eigenvalue weighted by atomic mass is 35.5. The minimum Gasteiger partial charge on any atom is -0.454 e. The molecule has 2 aromatic carbocycles. The molecule has 0 saturated heterocycles. The number of benzene rings is 2. The molecule has 0 aromatic heterocycles. The Morgan fingerprint density at radius 3 is 2.88 bits per heavy atom. The highest BCUT2D eigenvalue weighted by molar-refractivity contribution is 6.34. The number of halogens is 1. The van der Waals surface area contributed by atoms with Gasteiger partial charge in [0.15, 0.2) is 11.5 Å². The molecular weight excluding hydrogens is 340 g/mol. The topological polar surface area (TPSA) is 50.8 Å². The van der Waals surface area contributed by atoms with Gasteiger partial charge in [-0.15, -0.1) is 0 Å². The first-order valence-corrected chi connectivity index (χ1v) is 8.73. The van der Waals surface area contributed by atoms with Crippen LogP contribution in [0.1, 0.15) is 18.9 Å².